The molecule has 0 saturated heterocycles. The van der Waals surface area contributed by atoms with Crippen LogP contribution in [0.5, 0.6) is 0 Å². The van der Waals surface area contributed by atoms with Gasteiger partial charge < -0.3 is 11.1 Å². The van der Waals surface area contributed by atoms with E-state index in [0.717, 1.165) is 11.3 Å². The van der Waals surface area contributed by atoms with Gasteiger partial charge >= 0.3 is 6.03 Å². The molecule has 0 spiro atoms. The standard InChI is InChI=1S/C13H14N4O/c14-8-10-6-7-12(15-9-10)17-13(18)16-11-4-2-1-3-5-11/h1-7,9H,8,14H2,(H2,15,16,17,18). The Morgan fingerprint density at radius 1 is 1.11 bits per heavy atom. The number of nitrogens with one attached hydrogen (secondary N) is 2. The Labute approximate surface area is 105 Å². The van der Waals surface area contributed by atoms with Crippen LogP contribution in [0.15, 0.2) is 48.7 Å². The summed E-state index contributed by atoms with van der Waals surface area (Å²) in [5.74, 6) is 0.487. The molecule has 2 aromatic rings. The summed E-state index contributed by atoms with van der Waals surface area (Å²) in [4.78, 5) is 15.7. The lowest BCUT2D eigenvalue weighted by atomic mass is 10.3. The molecular weight excluding hydrogens is 228 g/mol. The number of amides is 2. The molecule has 2 amide bonds. The van der Waals surface area contributed by atoms with Crippen molar-refractivity contribution in [3.8, 4) is 0 Å². The van der Waals surface area contributed by atoms with Gasteiger partial charge in [-0.15, -0.1) is 0 Å². The smallest absolute Gasteiger partial charge is 0.324 e. The number of benzene rings is 1. The quantitative estimate of drug-likeness (QED) is 0.771. The zero-order valence-corrected chi connectivity index (χ0v) is 9.76. The molecule has 0 aliphatic carbocycles. The van der Waals surface area contributed by atoms with Crippen molar-refractivity contribution in [1.82, 2.24) is 4.98 Å². The van der Waals surface area contributed by atoms with E-state index in [1.807, 2.05) is 36.4 Å². The van der Waals surface area contributed by atoms with E-state index < -0.39 is 0 Å². The zero-order chi connectivity index (χ0) is 12.8. The highest BCUT2D eigenvalue weighted by Gasteiger charge is 2.02. The summed E-state index contributed by atoms with van der Waals surface area (Å²) in [6.45, 7) is 0.434. The van der Waals surface area contributed by atoms with E-state index in [1.54, 1.807) is 12.3 Å². The van der Waals surface area contributed by atoms with Gasteiger partial charge in [0.2, 0.25) is 0 Å². The first-order valence-corrected chi connectivity index (χ1v) is 5.56. The Morgan fingerprint density at radius 2 is 1.89 bits per heavy atom. The average Bonchev–Trinajstić information content (AvgIpc) is 2.40. The molecule has 1 heterocycles. The number of urea groups is 1. The highest BCUT2D eigenvalue weighted by atomic mass is 16.2. The summed E-state index contributed by atoms with van der Waals surface area (Å²) < 4.78 is 0. The first-order valence-electron chi connectivity index (χ1n) is 5.56. The average molecular weight is 242 g/mol. The van der Waals surface area contributed by atoms with Crippen LogP contribution in [-0.2, 0) is 6.54 Å². The van der Waals surface area contributed by atoms with E-state index in [1.165, 1.54) is 0 Å². The van der Waals surface area contributed by atoms with Crippen molar-refractivity contribution in [3.63, 3.8) is 0 Å². The van der Waals surface area contributed by atoms with Crippen LogP contribution in [0, 0.1) is 0 Å². The lowest BCUT2D eigenvalue weighted by Gasteiger charge is -2.07. The van der Waals surface area contributed by atoms with Gasteiger partial charge in [-0.05, 0) is 23.8 Å². The molecule has 18 heavy (non-hydrogen) atoms. The van der Waals surface area contributed by atoms with Crippen LogP contribution in [0.2, 0.25) is 0 Å². The third-order valence-corrected chi connectivity index (χ3v) is 2.33. The number of pyridine rings is 1. The first-order chi connectivity index (χ1) is 8.78. The summed E-state index contributed by atoms with van der Waals surface area (Å²) in [6.07, 6.45) is 1.64. The number of nitrogens with zero attached hydrogens (tertiary/aromatic N) is 1. The van der Waals surface area contributed by atoms with Crippen molar-refractivity contribution in [2.24, 2.45) is 5.73 Å². The molecule has 92 valence electrons. The normalized spacial score (nSPS) is 9.83. The van der Waals surface area contributed by atoms with Crippen molar-refractivity contribution in [1.29, 1.82) is 0 Å². The minimum absolute atomic E-state index is 0.325. The highest BCUT2D eigenvalue weighted by Crippen LogP contribution is 2.07. The monoisotopic (exact) mass is 242 g/mol. The maximum absolute atomic E-state index is 11.6. The summed E-state index contributed by atoms with van der Waals surface area (Å²) in [5, 5.41) is 5.34. The van der Waals surface area contributed by atoms with Crippen LogP contribution >= 0.6 is 0 Å². The molecule has 4 N–H and O–H groups in total. The van der Waals surface area contributed by atoms with Gasteiger partial charge in [-0.2, -0.15) is 0 Å². The molecular formula is C13H14N4O. The fourth-order valence-corrected chi connectivity index (χ4v) is 1.42. The van der Waals surface area contributed by atoms with E-state index in [0.29, 0.717) is 12.4 Å². The molecule has 0 bridgehead atoms. The van der Waals surface area contributed by atoms with Gasteiger partial charge in [-0.3, -0.25) is 5.32 Å². The molecule has 1 aromatic carbocycles. The number of aromatic nitrogens is 1. The van der Waals surface area contributed by atoms with E-state index in [2.05, 4.69) is 15.6 Å². The summed E-state index contributed by atoms with van der Waals surface area (Å²) in [7, 11) is 0. The molecule has 0 saturated carbocycles. The van der Waals surface area contributed by atoms with Gasteiger partial charge in [-0.25, -0.2) is 9.78 Å². The van der Waals surface area contributed by atoms with Crippen molar-refractivity contribution >= 4 is 17.5 Å². The molecule has 0 radical (unpaired) electrons. The molecule has 0 aliphatic heterocycles. The number of rotatable bonds is 3. The SMILES string of the molecule is NCc1ccc(NC(=O)Nc2ccccc2)nc1. The molecule has 5 heteroatoms. The van der Waals surface area contributed by atoms with Gasteiger partial charge in [0.1, 0.15) is 5.82 Å². The largest absolute Gasteiger partial charge is 0.326 e. The van der Waals surface area contributed by atoms with Crippen molar-refractivity contribution < 1.29 is 4.79 Å². The maximum Gasteiger partial charge on any atom is 0.324 e. The van der Waals surface area contributed by atoms with Crippen LogP contribution in [0.4, 0.5) is 16.3 Å². The van der Waals surface area contributed by atoms with E-state index in [-0.39, 0.29) is 6.03 Å². The third kappa shape index (κ3) is 3.29. The van der Waals surface area contributed by atoms with Crippen LogP contribution < -0.4 is 16.4 Å². The topological polar surface area (TPSA) is 80.0 Å². The van der Waals surface area contributed by atoms with Crippen LogP contribution in [0.3, 0.4) is 0 Å². The Hall–Kier alpha value is -2.40. The second-order valence-corrected chi connectivity index (χ2v) is 3.70. The number of hydrogen-bond donors (Lipinski definition) is 3. The summed E-state index contributed by atoms with van der Waals surface area (Å²) >= 11 is 0. The number of hydrogen-bond acceptors (Lipinski definition) is 3. The lowest BCUT2D eigenvalue weighted by Crippen LogP contribution is -2.20. The minimum atomic E-state index is -0.325. The Morgan fingerprint density at radius 3 is 2.50 bits per heavy atom. The molecule has 2 rings (SSSR count). The molecule has 0 aliphatic rings. The Balaban J connectivity index is 1.94. The number of nitrogens with two attached hydrogens (primary N) is 1. The fourth-order valence-electron chi connectivity index (χ4n) is 1.42. The number of carbonyl (C=O) groups excluding carboxylic acids is 1. The Bertz CT molecular complexity index is 510. The van der Waals surface area contributed by atoms with Crippen molar-refractivity contribution in [3.05, 3.63) is 54.2 Å². The summed E-state index contributed by atoms with van der Waals surface area (Å²) in [6, 6.07) is 12.4. The fraction of sp³-hybridized carbons (Fsp3) is 0.0769. The molecule has 5 nitrogen and oxygen atoms in total. The molecule has 0 fully saturated rings. The second-order valence-electron chi connectivity index (χ2n) is 3.70. The Kier molecular flexibility index (Phi) is 3.88. The molecule has 0 unspecified atom stereocenters. The van der Waals surface area contributed by atoms with E-state index >= 15 is 0 Å². The summed E-state index contributed by atoms with van der Waals surface area (Å²) in [5.41, 5.74) is 7.11. The lowest BCUT2D eigenvalue weighted by molar-refractivity contribution is 0.262. The van der Waals surface area contributed by atoms with Crippen LogP contribution in [-0.4, -0.2) is 11.0 Å². The predicted octanol–water partition coefficient (Wildman–Crippen LogP) is 2.18. The second kappa shape index (κ2) is 5.79. The minimum Gasteiger partial charge on any atom is -0.326 e. The number of carbonyl (C=O) groups is 1. The van der Waals surface area contributed by atoms with Crippen molar-refractivity contribution in [2.45, 2.75) is 6.54 Å². The molecule has 0 atom stereocenters. The van der Waals surface area contributed by atoms with E-state index in [9.17, 15) is 4.79 Å². The van der Waals surface area contributed by atoms with Crippen LogP contribution in [0.1, 0.15) is 5.56 Å². The van der Waals surface area contributed by atoms with E-state index in [4.69, 9.17) is 5.73 Å². The third-order valence-electron chi connectivity index (χ3n) is 2.33. The van der Waals surface area contributed by atoms with Gasteiger partial charge in [0.15, 0.2) is 0 Å². The first kappa shape index (κ1) is 12.1. The van der Waals surface area contributed by atoms with Crippen LogP contribution in [0.25, 0.3) is 0 Å². The molecule has 1 aromatic heterocycles. The number of anilines is 2. The van der Waals surface area contributed by atoms with Gasteiger partial charge in [0, 0.05) is 18.4 Å². The van der Waals surface area contributed by atoms with Gasteiger partial charge in [-0.1, -0.05) is 24.3 Å². The van der Waals surface area contributed by atoms with Crippen molar-refractivity contribution in [2.75, 3.05) is 10.6 Å². The highest BCUT2D eigenvalue weighted by molar-refractivity contribution is 5.99. The zero-order valence-electron chi connectivity index (χ0n) is 9.76. The van der Waals surface area contributed by atoms with Gasteiger partial charge in [0.05, 0.1) is 0 Å². The van der Waals surface area contributed by atoms with Gasteiger partial charge in [0.25, 0.3) is 0 Å². The number of para-hydroxylation sites is 1. The maximum atomic E-state index is 11.6. The predicted molar refractivity (Wildman–Crippen MR) is 71.2 cm³/mol.